The minimum absolute atomic E-state index is 0.0947. The highest BCUT2D eigenvalue weighted by Crippen LogP contribution is 2.37. The molecule has 3 unspecified atom stereocenters. The van der Waals surface area contributed by atoms with E-state index in [1.807, 2.05) is 6.92 Å². The first-order valence-corrected chi connectivity index (χ1v) is 7.58. The number of likely N-dealkylation sites (tertiary alicyclic amines) is 1. The van der Waals surface area contributed by atoms with E-state index in [0.717, 1.165) is 19.3 Å². The van der Waals surface area contributed by atoms with Crippen LogP contribution >= 0.6 is 0 Å². The van der Waals surface area contributed by atoms with Gasteiger partial charge in [0.15, 0.2) is 0 Å². The molecular formula is C15H26N2O3. The maximum absolute atomic E-state index is 12.4. The lowest BCUT2D eigenvalue weighted by atomic mass is 9.87. The van der Waals surface area contributed by atoms with Gasteiger partial charge in [0, 0.05) is 19.1 Å². The molecule has 0 bridgehead atoms. The Bertz CT molecular complexity index is 395. The van der Waals surface area contributed by atoms with Gasteiger partial charge in [0.05, 0.1) is 5.92 Å². The largest absolute Gasteiger partial charge is 0.481 e. The molecule has 2 N–H and O–H groups in total. The average molecular weight is 282 g/mol. The van der Waals surface area contributed by atoms with E-state index in [4.69, 9.17) is 5.11 Å². The fraction of sp³-hybridized carbons (Fsp3) is 0.867. The SMILES string of the molecule is CC1CC(C(=O)O)CN(C(=O)NC2CCCC2(C)C)C1. The van der Waals surface area contributed by atoms with Gasteiger partial charge >= 0.3 is 12.0 Å². The predicted molar refractivity (Wildman–Crippen MR) is 76.4 cm³/mol. The van der Waals surface area contributed by atoms with E-state index in [-0.39, 0.29) is 23.4 Å². The first-order chi connectivity index (χ1) is 9.29. The number of piperidine rings is 1. The van der Waals surface area contributed by atoms with Crippen molar-refractivity contribution in [3.05, 3.63) is 0 Å². The summed E-state index contributed by atoms with van der Waals surface area (Å²) in [7, 11) is 0. The van der Waals surface area contributed by atoms with E-state index < -0.39 is 11.9 Å². The van der Waals surface area contributed by atoms with Crippen molar-refractivity contribution >= 4 is 12.0 Å². The molecule has 2 amide bonds. The van der Waals surface area contributed by atoms with Crippen LogP contribution in [0.4, 0.5) is 4.79 Å². The summed E-state index contributed by atoms with van der Waals surface area (Å²) >= 11 is 0. The smallest absolute Gasteiger partial charge is 0.317 e. The summed E-state index contributed by atoms with van der Waals surface area (Å²) in [6.07, 6.45) is 3.96. The topological polar surface area (TPSA) is 69.6 Å². The lowest BCUT2D eigenvalue weighted by Crippen LogP contribution is -2.53. The number of nitrogens with zero attached hydrogens (tertiary/aromatic N) is 1. The Hall–Kier alpha value is -1.26. The highest BCUT2D eigenvalue weighted by atomic mass is 16.4. The normalized spacial score (nSPS) is 33.0. The quantitative estimate of drug-likeness (QED) is 0.816. The lowest BCUT2D eigenvalue weighted by Gasteiger charge is -2.37. The molecule has 0 aromatic heterocycles. The molecule has 5 heteroatoms. The van der Waals surface area contributed by atoms with Crippen molar-refractivity contribution in [1.82, 2.24) is 10.2 Å². The third-order valence-electron chi connectivity index (χ3n) is 4.85. The van der Waals surface area contributed by atoms with Gasteiger partial charge in [-0.05, 0) is 30.6 Å². The Kier molecular flexibility index (Phi) is 4.25. The fourth-order valence-corrected chi connectivity index (χ4v) is 3.53. The predicted octanol–water partition coefficient (Wildman–Crippen LogP) is 2.32. The van der Waals surface area contributed by atoms with Crippen molar-refractivity contribution < 1.29 is 14.7 Å². The van der Waals surface area contributed by atoms with Crippen LogP contribution < -0.4 is 5.32 Å². The first kappa shape index (κ1) is 15.1. The van der Waals surface area contributed by atoms with E-state index in [2.05, 4.69) is 19.2 Å². The molecule has 2 fully saturated rings. The second kappa shape index (κ2) is 5.62. The van der Waals surface area contributed by atoms with Crippen LogP contribution in [0, 0.1) is 17.3 Å². The third kappa shape index (κ3) is 3.25. The average Bonchev–Trinajstić information content (AvgIpc) is 2.68. The number of urea groups is 1. The Morgan fingerprint density at radius 3 is 2.55 bits per heavy atom. The summed E-state index contributed by atoms with van der Waals surface area (Å²) in [6, 6.07) is 0.110. The van der Waals surface area contributed by atoms with Crippen molar-refractivity contribution in [3.63, 3.8) is 0 Å². The molecule has 1 saturated carbocycles. The highest BCUT2D eigenvalue weighted by Gasteiger charge is 2.38. The first-order valence-electron chi connectivity index (χ1n) is 7.58. The molecule has 1 saturated heterocycles. The summed E-state index contributed by atoms with van der Waals surface area (Å²) in [4.78, 5) is 25.2. The minimum atomic E-state index is -0.796. The van der Waals surface area contributed by atoms with Crippen LogP contribution in [-0.4, -0.2) is 41.1 Å². The van der Waals surface area contributed by atoms with Gasteiger partial charge in [0.2, 0.25) is 0 Å². The zero-order valence-corrected chi connectivity index (χ0v) is 12.7. The molecule has 20 heavy (non-hydrogen) atoms. The number of hydrogen-bond acceptors (Lipinski definition) is 2. The van der Waals surface area contributed by atoms with E-state index in [0.29, 0.717) is 19.5 Å². The number of carboxylic acid groups (broad SMARTS) is 1. The zero-order chi connectivity index (χ0) is 14.9. The minimum Gasteiger partial charge on any atom is -0.481 e. The van der Waals surface area contributed by atoms with E-state index in [1.54, 1.807) is 4.90 Å². The molecule has 1 aliphatic heterocycles. The number of nitrogens with one attached hydrogen (secondary N) is 1. The molecule has 1 aliphatic carbocycles. The van der Waals surface area contributed by atoms with Crippen LogP contribution in [0.25, 0.3) is 0 Å². The van der Waals surface area contributed by atoms with Crippen molar-refractivity contribution in [2.75, 3.05) is 13.1 Å². The molecule has 0 aromatic carbocycles. The van der Waals surface area contributed by atoms with Crippen LogP contribution in [0.2, 0.25) is 0 Å². The summed E-state index contributed by atoms with van der Waals surface area (Å²) in [6.45, 7) is 7.37. The van der Waals surface area contributed by atoms with Gasteiger partial charge in [-0.25, -0.2) is 4.79 Å². The fourth-order valence-electron chi connectivity index (χ4n) is 3.53. The van der Waals surface area contributed by atoms with Gasteiger partial charge in [-0.1, -0.05) is 27.2 Å². The Labute approximate surface area is 120 Å². The second-order valence-electron chi connectivity index (χ2n) is 7.16. The lowest BCUT2D eigenvalue weighted by molar-refractivity contribution is -0.143. The molecular weight excluding hydrogens is 256 g/mol. The molecule has 2 rings (SSSR count). The molecule has 0 radical (unpaired) electrons. The van der Waals surface area contributed by atoms with Crippen molar-refractivity contribution in [3.8, 4) is 0 Å². The molecule has 2 aliphatic rings. The van der Waals surface area contributed by atoms with Crippen molar-refractivity contribution in [2.24, 2.45) is 17.3 Å². The third-order valence-corrected chi connectivity index (χ3v) is 4.85. The molecule has 114 valence electrons. The summed E-state index contributed by atoms with van der Waals surface area (Å²) in [5.41, 5.74) is 0.142. The number of rotatable bonds is 2. The van der Waals surface area contributed by atoms with Crippen LogP contribution in [-0.2, 0) is 4.79 Å². The Morgan fingerprint density at radius 1 is 1.30 bits per heavy atom. The molecule has 1 heterocycles. The Balaban J connectivity index is 1.96. The monoisotopic (exact) mass is 282 g/mol. The van der Waals surface area contributed by atoms with Crippen LogP contribution in [0.1, 0.15) is 46.5 Å². The Morgan fingerprint density at radius 2 is 2.00 bits per heavy atom. The number of carbonyl (C=O) groups excluding carboxylic acids is 1. The van der Waals surface area contributed by atoms with E-state index >= 15 is 0 Å². The maximum atomic E-state index is 12.4. The number of carboxylic acids is 1. The molecule has 0 aromatic rings. The summed E-state index contributed by atoms with van der Waals surface area (Å²) in [5, 5.41) is 12.3. The number of hydrogen-bond donors (Lipinski definition) is 2. The van der Waals surface area contributed by atoms with Crippen LogP contribution in [0.15, 0.2) is 0 Å². The van der Waals surface area contributed by atoms with Gasteiger partial charge in [-0.15, -0.1) is 0 Å². The molecule has 5 nitrogen and oxygen atoms in total. The van der Waals surface area contributed by atoms with Crippen molar-refractivity contribution in [2.45, 2.75) is 52.5 Å². The van der Waals surface area contributed by atoms with Gasteiger partial charge < -0.3 is 15.3 Å². The summed E-state index contributed by atoms with van der Waals surface area (Å²) < 4.78 is 0. The van der Waals surface area contributed by atoms with E-state index in [1.165, 1.54) is 0 Å². The number of amides is 2. The summed E-state index contributed by atoms with van der Waals surface area (Å²) in [5.74, 6) is -0.983. The number of aliphatic carboxylic acids is 1. The van der Waals surface area contributed by atoms with Crippen LogP contribution in [0.5, 0.6) is 0 Å². The van der Waals surface area contributed by atoms with Gasteiger partial charge in [-0.3, -0.25) is 4.79 Å². The van der Waals surface area contributed by atoms with Crippen LogP contribution in [0.3, 0.4) is 0 Å². The van der Waals surface area contributed by atoms with E-state index in [9.17, 15) is 9.59 Å². The van der Waals surface area contributed by atoms with Crippen molar-refractivity contribution in [1.29, 1.82) is 0 Å². The van der Waals surface area contributed by atoms with Gasteiger partial charge in [0.25, 0.3) is 0 Å². The molecule has 3 atom stereocenters. The standard InChI is InChI=1S/C15H26N2O3/c1-10-7-11(13(18)19)9-17(8-10)14(20)16-12-5-4-6-15(12,2)3/h10-12H,4-9H2,1-3H3,(H,16,20)(H,18,19). The van der Waals surface area contributed by atoms with Gasteiger partial charge in [-0.2, -0.15) is 0 Å². The maximum Gasteiger partial charge on any atom is 0.317 e. The number of carbonyl (C=O) groups is 2. The van der Waals surface area contributed by atoms with Gasteiger partial charge in [0.1, 0.15) is 0 Å². The highest BCUT2D eigenvalue weighted by molar-refractivity contribution is 5.77. The molecule has 0 spiro atoms. The zero-order valence-electron chi connectivity index (χ0n) is 12.7. The second-order valence-corrected chi connectivity index (χ2v) is 7.16.